The Balaban J connectivity index is 2.90. The number of allylic oxidation sites excluding steroid dienone is 4. The molecule has 0 aliphatic rings. The Morgan fingerprint density at radius 3 is 2.87 bits per heavy atom. The van der Waals surface area contributed by atoms with Gasteiger partial charge in [0.1, 0.15) is 24.0 Å². The third kappa shape index (κ3) is 10.4. The van der Waals surface area contributed by atoms with E-state index in [9.17, 15) is 14.3 Å². The van der Waals surface area contributed by atoms with Crippen molar-refractivity contribution in [1.29, 1.82) is 0 Å². The molecular formula is C22H28FN3O4. The molecule has 0 saturated heterocycles. The quantitative estimate of drug-likeness (QED) is 0.181. The van der Waals surface area contributed by atoms with Gasteiger partial charge in [0, 0.05) is 30.8 Å². The van der Waals surface area contributed by atoms with Crippen LogP contribution in [0.15, 0.2) is 75.9 Å². The number of aliphatic hydroxyl groups excluding tert-OH is 1. The van der Waals surface area contributed by atoms with Crippen LogP contribution in [0, 0.1) is 0 Å². The van der Waals surface area contributed by atoms with E-state index in [0.717, 1.165) is 0 Å². The maximum Gasteiger partial charge on any atom is 0.303 e. The van der Waals surface area contributed by atoms with Gasteiger partial charge in [-0.1, -0.05) is 30.0 Å². The number of carboxylic acids is 1. The van der Waals surface area contributed by atoms with E-state index in [1.807, 2.05) is 0 Å². The number of carbonyl (C=O) groups is 1. The Morgan fingerprint density at radius 2 is 2.23 bits per heavy atom. The van der Waals surface area contributed by atoms with E-state index in [1.54, 1.807) is 37.4 Å². The molecule has 0 aliphatic carbocycles. The molecule has 1 heterocycles. The number of nitrogens with zero attached hydrogens (tertiary/aromatic N) is 2. The molecule has 1 unspecified atom stereocenters. The number of halogens is 1. The predicted molar refractivity (Wildman–Crippen MR) is 115 cm³/mol. The summed E-state index contributed by atoms with van der Waals surface area (Å²) in [6.45, 7) is 5.57. The number of hydrogen-bond acceptors (Lipinski definition) is 6. The molecule has 7 nitrogen and oxygen atoms in total. The van der Waals surface area contributed by atoms with Gasteiger partial charge in [-0.25, -0.2) is 4.39 Å². The molecule has 0 aromatic carbocycles. The van der Waals surface area contributed by atoms with Crippen LogP contribution in [0.4, 0.5) is 4.39 Å². The molecule has 1 aromatic heterocycles. The Labute approximate surface area is 175 Å². The standard InChI is InChI=1S/C22H28FN3O4/c1-3-17(23)9-8-15-25-22(29)19(4-2)20(12-11-18-13-16-30-26-18)24-14-7-5-6-10-21(27)28/h3-4,8-9,11-14,16,22,25,29H,2,5-7,10,15H2,1H3,(H,27,28)/b9-8-,12-11+,17-3+,20-19-,24-14+. The van der Waals surface area contributed by atoms with Gasteiger partial charge >= 0.3 is 5.97 Å². The first-order valence-electron chi connectivity index (χ1n) is 9.57. The molecule has 0 saturated carbocycles. The number of unbranched alkanes of at least 4 members (excludes halogenated alkanes) is 2. The van der Waals surface area contributed by atoms with Gasteiger partial charge in [-0.3, -0.25) is 15.1 Å². The number of hydrogen-bond donors (Lipinski definition) is 3. The number of aliphatic hydroxyl groups is 1. The molecule has 0 spiro atoms. The average molecular weight is 417 g/mol. The number of rotatable bonds is 14. The number of aromatic nitrogens is 1. The Bertz CT molecular complexity index is 808. The molecule has 3 N–H and O–H groups in total. The Hall–Kier alpha value is -3.10. The lowest BCUT2D eigenvalue weighted by atomic mass is 10.1. The first kappa shape index (κ1) is 24.9. The van der Waals surface area contributed by atoms with Crippen LogP contribution in [0.2, 0.25) is 0 Å². The SMILES string of the molecule is C=C/C(=C(\C=C\c1ccon1)/N=C/CCCCC(=O)O)C(O)NC/C=C\C(F)=C/C. The topological polar surface area (TPSA) is 108 Å². The molecule has 0 bridgehead atoms. The smallest absolute Gasteiger partial charge is 0.303 e. The summed E-state index contributed by atoms with van der Waals surface area (Å²) >= 11 is 0. The maximum atomic E-state index is 13.1. The minimum atomic E-state index is -1.08. The second kappa shape index (κ2) is 14.8. The average Bonchev–Trinajstić information content (AvgIpc) is 3.25. The third-order valence-corrected chi connectivity index (χ3v) is 3.87. The number of aliphatic imine (C=N–C) groups is 1. The summed E-state index contributed by atoms with van der Waals surface area (Å²) in [4.78, 5) is 15.0. The Morgan fingerprint density at radius 1 is 1.43 bits per heavy atom. The molecule has 0 aliphatic heterocycles. The van der Waals surface area contributed by atoms with Gasteiger partial charge in [-0.05, 0) is 44.4 Å². The lowest BCUT2D eigenvalue weighted by molar-refractivity contribution is -0.137. The molecule has 30 heavy (non-hydrogen) atoms. The zero-order valence-electron chi connectivity index (χ0n) is 17.0. The van der Waals surface area contributed by atoms with E-state index >= 15 is 0 Å². The summed E-state index contributed by atoms with van der Waals surface area (Å²) in [6.07, 6.45) is 13.0. The van der Waals surface area contributed by atoms with Crippen LogP contribution in [0.5, 0.6) is 0 Å². The minimum Gasteiger partial charge on any atom is -0.481 e. The van der Waals surface area contributed by atoms with Gasteiger partial charge in [0.05, 0.1) is 5.70 Å². The van der Waals surface area contributed by atoms with Gasteiger partial charge in [0.25, 0.3) is 0 Å². The first-order valence-corrected chi connectivity index (χ1v) is 9.57. The molecule has 1 rings (SSSR count). The fourth-order valence-corrected chi connectivity index (χ4v) is 2.27. The summed E-state index contributed by atoms with van der Waals surface area (Å²) < 4.78 is 17.9. The highest BCUT2D eigenvalue weighted by Crippen LogP contribution is 2.15. The molecule has 8 heteroatoms. The highest BCUT2D eigenvalue weighted by molar-refractivity contribution is 5.66. The van der Waals surface area contributed by atoms with Crippen LogP contribution in [-0.4, -0.2) is 40.3 Å². The monoisotopic (exact) mass is 417 g/mol. The summed E-state index contributed by atoms with van der Waals surface area (Å²) in [6, 6.07) is 1.67. The summed E-state index contributed by atoms with van der Waals surface area (Å²) in [5, 5.41) is 25.8. The van der Waals surface area contributed by atoms with Gasteiger partial charge in [-0.2, -0.15) is 0 Å². The molecule has 1 atom stereocenters. The normalized spacial score (nSPS) is 14.6. The molecule has 0 amide bonds. The lowest BCUT2D eigenvalue weighted by Gasteiger charge is -2.14. The van der Waals surface area contributed by atoms with Crippen LogP contribution in [-0.2, 0) is 4.79 Å². The van der Waals surface area contributed by atoms with E-state index in [2.05, 4.69) is 22.0 Å². The molecule has 162 valence electrons. The number of aliphatic carboxylic acids is 1. The van der Waals surface area contributed by atoms with Crippen molar-refractivity contribution in [2.75, 3.05) is 6.54 Å². The summed E-state index contributed by atoms with van der Waals surface area (Å²) in [5.74, 6) is -1.19. The van der Waals surface area contributed by atoms with E-state index in [4.69, 9.17) is 9.63 Å². The lowest BCUT2D eigenvalue weighted by Crippen LogP contribution is -2.30. The van der Waals surface area contributed by atoms with Crippen molar-refractivity contribution in [3.8, 4) is 0 Å². The third-order valence-electron chi connectivity index (χ3n) is 3.87. The van der Waals surface area contributed by atoms with Crippen LogP contribution in [0.1, 0.15) is 38.3 Å². The van der Waals surface area contributed by atoms with Crippen molar-refractivity contribution < 1.29 is 23.9 Å². The molecular weight excluding hydrogens is 389 g/mol. The van der Waals surface area contributed by atoms with Crippen LogP contribution in [0.25, 0.3) is 6.08 Å². The van der Waals surface area contributed by atoms with Crippen LogP contribution >= 0.6 is 0 Å². The zero-order valence-corrected chi connectivity index (χ0v) is 17.0. The number of nitrogens with one attached hydrogen (secondary N) is 1. The van der Waals surface area contributed by atoms with Crippen molar-refractivity contribution in [1.82, 2.24) is 10.5 Å². The van der Waals surface area contributed by atoms with Gasteiger partial charge in [-0.15, -0.1) is 0 Å². The van der Waals surface area contributed by atoms with Crippen molar-refractivity contribution in [3.05, 3.63) is 72.1 Å². The van der Waals surface area contributed by atoms with E-state index in [1.165, 1.54) is 24.5 Å². The molecule has 0 fully saturated rings. The predicted octanol–water partition coefficient (Wildman–Crippen LogP) is 4.18. The summed E-state index contributed by atoms with van der Waals surface area (Å²) in [5.41, 5.74) is 1.46. The van der Waals surface area contributed by atoms with Gasteiger partial charge < -0.3 is 14.7 Å². The highest BCUT2D eigenvalue weighted by Gasteiger charge is 2.11. The summed E-state index contributed by atoms with van der Waals surface area (Å²) in [7, 11) is 0. The second-order valence-corrected chi connectivity index (χ2v) is 6.14. The minimum absolute atomic E-state index is 0.116. The second-order valence-electron chi connectivity index (χ2n) is 6.14. The fourth-order valence-electron chi connectivity index (χ4n) is 2.27. The molecule has 1 aromatic rings. The fraction of sp³-hybridized carbons (Fsp3) is 0.318. The van der Waals surface area contributed by atoms with Gasteiger partial charge in [0.2, 0.25) is 0 Å². The zero-order chi connectivity index (χ0) is 22.2. The van der Waals surface area contributed by atoms with Crippen LogP contribution in [0.3, 0.4) is 0 Å². The maximum absolute atomic E-state index is 13.1. The van der Waals surface area contributed by atoms with E-state index < -0.39 is 12.2 Å². The van der Waals surface area contributed by atoms with Crippen molar-refractivity contribution >= 4 is 18.3 Å². The highest BCUT2D eigenvalue weighted by atomic mass is 19.1. The van der Waals surface area contributed by atoms with E-state index in [0.29, 0.717) is 36.2 Å². The first-order chi connectivity index (χ1) is 14.5. The Kier molecular flexibility index (Phi) is 12.3. The van der Waals surface area contributed by atoms with Crippen molar-refractivity contribution in [2.24, 2.45) is 4.99 Å². The van der Waals surface area contributed by atoms with Gasteiger partial charge in [0.15, 0.2) is 0 Å². The number of carboxylic acid groups (broad SMARTS) is 1. The van der Waals surface area contributed by atoms with Crippen molar-refractivity contribution in [3.63, 3.8) is 0 Å². The molecule has 0 radical (unpaired) electrons. The van der Waals surface area contributed by atoms with Crippen molar-refractivity contribution in [2.45, 2.75) is 38.8 Å². The van der Waals surface area contributed by atoms with E-state index in [-0.39, 0.29) is 18.8 Å². The largest absolute Gasteiger partial charge is 0.481 e. The van der Waals surface area contributed by atoms with Crippen LogP contribution < -0.4 is 5.32 Å².